The number of ether oxygens (including phenoxy) is 1. The van der Waals surface area contributed by atoms with Gasteiger partial charge in [-0.25, -0.2) is 0 Å². The van der Waals surface area contributed by atoms with Crippen LogP contribution in [0.15, 0.2) is 24.3 Å². The van der Waals surface area contributed by atoms with Gasteiger partial charge in [0.1, 0.15) is 12.4 Å². The molecular formula is C14H20N2O. The van der Waals surface area contributed by atoms with Crippen LogP contribution in [-0.2, 0) is 0 Å². The van der Waals surface area contributed by atoms with Crippen molar-refractivity contribution in [3.8, 4) is 5.75 Å². The van der Waals surface area contributed by atoms with Crippen LogP contribution in [0.5, 0.6) is 5.75 Å². The standard InChI is InChI=1S/C14H20N2O/c1-15-14-11-6-2-3-7-13(11)17-10-12(14)16-8-4-5-9-16/h2-3,6-7,12,14-15H,4-5,8-10H2,1H3. The van der Waals surface area contributed by atoms with Gasteiger partial charge in [-0.15, -0.1) is 0 Å². The largest absolute Gasteiger partial charge is 0.492 e. The molecule has 3 nitrogen and oxygen atoms in total. The third-order valence-corrected chi connectivity index (χ3v) is 3.97. The first-order valence-electron chi connectivity index (χ1n) is 6.53. The van der Waals surface area contributed by atoms with Gasteiger partial charge in [-0.2, -0.15) is 0 Å². The minimum absolute atomic E-state index is 0.401. The zero-order valence-corrected chi connectivity index (χ0v) is 10.4. The van der Waals surface area contributed by atoms with Crippen LogP contribution < -0.4 is 10.1 Å². The molecule has 1 N–H and O–H groups in total. The molecule has 0 bridgehead atoms. The number of benzene rings is 1. The average molecular weight is 232 g/mol. The van der Waals surface area contributed by atoms with E-state index < -0.39 is 0 Å². The monoisotopic (exact) mass is 232 g/mol. The van der Waals surface area contributed by atoms with Gasteiger partial charge in [0.25, 0.3) is 0 Å². The quantitative estimate of drug-likeness (QED) is 0.841. The highest BCUT2D eigenvalue weighted by Crippen LogP contribution is 2.34. The summed E-state index contributed by atoms with van der Waals surface area (Å²) in [7, 11) is 2.05. The Labute approximate surface area is 103 Å². The van der Waals surface area contributed by atoms with E-state index in [-0.39, 0.29) is 0 Å². The second-order valence-corrected chi connectivity index (χ2v) is 4.93. The van der Waals surface area contributed by atoms with Crippen molar-refractivity contribution in [2.75, 3.05) is 26.7 Å². The molecule has 2 atom stereocenters. The topological polar surface area (TPSA) is 24.5 Å². The van der Waals surface area contributed by atoms with E-state index >= 15 is 0 Å². The molecule has 0 saturated carbocycles. The minimum atomic E-state index is 0.401. The summed E-state index contributed by atoms with van der Waals surface area (Å²) in [6, 6.07) is 9.27. The number of hydrogen-bond acceptors (Lipinski definition) is 3. The highest BCUT2D eigenvalue weighted by molar-refractivity contribution is 5.38. The van der Waals surface area contributed by atoms with E-state index in [0.717, 1.165) is 12.4 Å². The molecule has 1 fully saturated rings. The van der Waals surface area contributed by atoms with Crippen molar-refractivity contribution >= 4 is 0 Å². The Bertz CT molecular complexity index is 388. The summed E-state index contributed by atoms with van der Waals surface area (Å²) in [6.45, 7) is 3.24. The number of para-hydroxylation sites is 1. The zero-order valence-electron chi connectivity index (χ0n) is 10.4. The summed E-state index contributed by atoms with van der Waals surface area (Å²) < 4.78 is 5.90. The summed E-state index contributed by atoms with van der Waals surface area (Å²) in [5, 5.41) is 3.47. The lowest BCUT2D eigenvalue weighted by atomic mass is 9.95. The smallest absolute Gasteiger partial charge is 0.124 e. The molecule has 1 aromatic carbocycles. The molecule has 0 aromatic heterocycles. The molecule has 92 valence electrons. The predicted octanol–water partition coefficient (Wildman–Crippen LogP) is 1.80. The highest BCUT2D eigenvalue weighted by atomic mass is 16.5. The maximum atomic E-state index is 5.90. The van der Waals surface area contributed by atoms with Crippen LogP contribution >= 0.6 is 0 Å². The number of hydrogen-bond donors (Lipinski definition) is 1. The molecule has 17 heavy (non-hydrogen) atoms. The third-order valence-electron chi connectivity index (χ3n) is 3.97. The number of likely N-dealkylation sites (N-methyl/N-ethyl adjacent to an activating group) is 1. The molecule has 1 saturated heterocycles. The zero-order chi connectivity index (χ0) is 11.7. The van der Waals surface area contributed by atoms with Crippen molar-refractivity contribution in [1.82, 2.24) is 10.2 Å². The van der Waals surface area contributed by atoms with Crippen LogP contribution in [0.4, 0.5) is 0 Å². The average Bonchev–Trinajstić information content (AvgIpc) is 2.91. The number of nitrogens with one attached hydrogen (secondary N) is 1. The Balaban J connectivity index is 1.88. The first-order chi connectivity index (χ1) is 8.40. The number of likely N-dealkylation sites (tertiary alicyclic amines) is 1. The van der Waals surface area contributed by atoms with Crippen molar-refractivity contribution in [2.45, 2.75) is 24.9 Å². The van der Waals surface area contributed by atoms with Gasteiger partial charge < -0.3 is 10.1 Å². The van der Waals surface area contributed by atoms with Gasteiger partial charge in [0.15, 0.2) is 0 Å². The van der Waals surface area contributed by atoms with Gasteiger partial charge in [0.2, 0.25) is 0 Å². The Morgan fingerprint density at radius 2 is 2.00 bits per heavy atom. The van der Waals surface area contributed by atoms with Crippen LogP contribution in [0.3, 0.4) is 0 Å². The maximum Gasteiger partial charge on any atom is 0.124 e. The predicted molar refractivity (Wildman–Crippen MR) is 68.3 cm³/mol. The summed E-state index contributed by atoms with van der Waals surface area (Å²) in [4.78, 5) is 2.57. The molecule has 1 aromatic rings. The van der Waals surface area contributed by atoms with Gasteiger partial charge in [-0.3, -0.25) is 4.90 Å². The molecule has 2 unspecified atom stereocenters. The highest BCUT2D eigenvalue weighted by Gasteiger charge is 2.34. The van der Waals surface area contributed by atoms with Crippen molar-refractivity contribution in [1.29, 1.82) is 0 Å². The van der Waals surface area contributed by atoms with E-state index in [1.165, 1.54) is 31.5 Å². The Morgan fingerprint density at radius 3 is 2.76 bits per heavy atom. The lowest BCUT2D eigenvalue weighted by Gasteiger charge is -2.38. The molecule has 0 amide bonds. The van der Waals surface area contributed by atoms with Gasteiger partial charge in [0.05, 0.1) is 12.1 Å². The lowest BCUT2D eigenvalue weighted by molar-refractivity contribution is 0.108. The number of nitrogens with zero attached hydrogens (tertiary/aromatic N) is 1. The van der Waals surface area contributed by atoms with Gasteiger partial charge >= 0.3 is 0 Å². The molecule has 2 aliphatic rings. The molecular weight excluding hydrogens is 212 g/mol. The fraction of sp³-hybridized carbons (Fsp3) is 0.571. The first kappa shape index (κ1) is 11.1. The van der Waals surface area contributed by atoms with E-state index in [0.29, 0.717) is 12.1 Å². The van der Waals surface area contributed by atoms with Crippen molar-refractivity contribution < 1.29 is 4.74 Å². The maximum absolute atomic E-state index is 5.90. The Kier molecular flexibility index (Phi) is 3.04. The van der Waals surface area contributed by atoms with E-state index in [1.54, 1.807) is 0 Å². The van der Waals surface area contributed by atoms with E-state index in [2.05, 4.69) is 35.5 Å². The lowest BCUT2D eigenvalue weighted by Crippen LogP contribution is -2.48. The Hall–Kier alpha value is -1.06. The molecule has 0 aliphatic carbocycles. The normalized spacial score (nSPS) is 28.8. The second-order valence-electron chi connectivity index (χ2n) is 4.93. The molecule has 2 heterocycles. The summed E-state index contributed by atoms with van der Waals surface area (Å²) in [5.41, 5.74) is 1.30. The second kappa shape index (κ2) is 4.67. The van der Waals surface area contributed by atoms with Gasteiger partial charge in [-0.1, -0.05) is 18.2 Å². The molecule has 0 spiro atoms. The van der Waals surface area contributed by atoms with Crippen LogP contribution in [0.2, 0.25) is 0 Å². The number of fused-ring (bicyclic) bond motifs is 1. The van der Waals surface area contributed by atoms with Crippen LogP contribution in [0.1, 0.15) is 24.4 Å². The molecule has 2 aliphatic heterocycles. The Morgan fingerprint density at radius 1 is 1.24 bits per heavy atom. The molecule has 3 heteroatoms. The summed E-state index contributed by atoms with van der Waals surface area (Å²) >= 11 is 0. The van der Waals surface area contributed by atoms with E-state index in [4.69, 9.17) is 4.74 Å². The van der Waals surface area contributed by atoms with Gasteiger partial charge in [0, 0.05) is 5.56 Å². The van der Waals surface area contributed by atoms with Crippen LogP contribution in [0, 0.1) is 0 Å². The summed E-state index contributed by atoms with van der Waals surface area (Å²) in [6.07, 6.45) is 2.66. The van der Waals surface area contributed by atoms with E-state index in [1.807, 2.05) is 6.07 Å². The SMILES string of the molecule is CNC1c2ccccc2OCC1N1CCCC1. The van der Waals surface area contributed by atoms with E-state index in [9.17, 15) is 0 Å². The van der Waals surface area contributed by atoms with Crippen molar-refractivity contribution in [3.05, 3.63) is 29.8 Å². The van der Waals surface area contributed by atoms with Crippen LogP contribution in [0.25, 0.3) is 0 Å². The fourth-order valence-electron chi connectivity index (χ4n) is 3.08. The van der Waals surface area contributed by atoms with Crippen molar-refractivity contribution in [2.24, 2.45) is 0 Å². The number of rotatable bonds is 2. The fourth-order valence-corrected chi connectivity index (χ4v) is 3.08. The third kappa shape index (κ3) is 1.94. The van der Waals surface area contributed by atoms with Crippen molar-refractivity contribution in [3.63, 3.8) is 0 Å². The van der Waals surface area contributed by atoms with Crippen LogP contribution in [-0.4, -0.2) is 37.7 Å². The molecule has 0 radical (unpaired) electrons. The van der Waals surface area contributed by atoms with Gasteiger partial charge in [-0.05, 0) is 39.0 Å². The first-order valence-corrected chi connectivity index (χ1v) is 6.53. The molecule has 3 rings (SSSR count). The minimum Gasteiger partial charge on any atom is -0.492 e. The summed E-state index contributed by atoms with van der Waals surface area (Å²) in [5.74, 6) is 1.04.